The van der Waals surface area contributed by atoms with Gasteiger partial charge in [0.2, 0.25) is 0 Å². The van der Waals surface area contributed by atoms with Crippen molar-refractivity contribution in [2.45, 2.75) is 38.0 Å². The molecule has 0 saturated carbocycles. The Labute approximate surface area is 220 Å². The molecule has 0 bridgehead atoms. The molecule has 0 spiro atoms. The number of aliphatic imine (C=N–C) groups is 1. The van der Waals surface area contributed by atoms with Gasteiger partial charge in [0.05, 0.1) is 35.3 Å². The van der Waals surface area contributed by atoms with E-state index in [2.05, 4.69) is 73.4 Å². The number of piperazine rings is 2. The minimum absolute atomic E-state index is 0.0709. The fourth-order valence-electron chi connectivity index (χ4n) is 6.64. The molecule has 194 valence electrons. The molecule has 0 amide bonds. The largest absolute Gasteiger partial charge is 0.371 e. The number of nitrogens with one attached hydrogen (secondary N) is 1. The van der Waals surface area contributed by atoms with Gasteiger partial charge in [-0.05, 0) is 43.7 Å². The number of fused-ring (bicyclic) bond motifs is 2. The summed E-state index contributed by atoms with van der Waals surface area (Å²) in [5.74, 6) is 0.168. The number of hydrogen-bond acceptors (Lipinski definition) is 8. The van der Waals surface area contributed by atoms with Crippen LogP contribution in [0.3, 0.4) is 0 Å². The van der Waals surface area contributed by atoms with E-state index in [0.29, 0.717) is 12.1 Å². The molecule has 4 atom stereocenters. The molecule has 5 aliphatic rings. The van der Waals surface area contributed by atoms with E-state index >= 15 is 0 Å². The SMILES string of the molecule is CC1CN(C2=CC=C(C#N)C3N=CC=CC23)CC2CCN(Cc3ccc(N4CCNCC4)cn3)CCN12. The molecule has 1 aromatic rings. The van der Waals surface area contributed by atoms with Crippen molar-refractivity contribution in [2.75, 3.05) is 63.8 Å². The molecular formula is C29H38N8. The third-order valence-electron chi connectivity index (χ3n) is 8.66. The van der Waals surface area contributed by atoms with Crippen LogP contribution in [0.1, 0.15) is 19.0 Å². The van der Waals surface area contributed by atoms with Crippen molar-refractivity contribution in [1.82, 2.24) is 25.0 Å². The van der Waals surface area contributed by atoms with Crippen LogP contribution in [0.4, 0.5) is 5.69 Å². The molecule has 6 rings (SSSR count). The van der Waals surface area contributed by atoms with Crippen molar-refractivity contribution < 1.29 is 0 Å². The monoisotopic (exact) mass is 498 g/mol. The van der Waals surface area contributed by atoms with E-state index in [-0.39, 0.29) is 12.0 Å². The van der Waals surface area contributed by atoms with Gasteiger partial charge in [0, 0.05) is 95.4 Å². The van der Waals surface area contributed by atoms with E-state index in [9.17, 15) is 5.26 Å². The van der Waals surface area contributed by atoms with Gasteiger partial charge in [0.15, 0.2) is 0 Å². The number of anilines is 1. The Kier molecular flexibility index (Phi) is 7.10. The number of nitriles is 1. The van der Waals surface area contributed by atoms with E-state index < -0.39 is 0 Å². The van der Waals surface area contributed by atoms with Gasteiger partial charge in [0.25, 0.3) is 0 Å². The number of hydrogen-bond donors (Lipinski definition) is 1. The standard InChI is InChI=1S/C29H38N8/c1-22-19-36(28-7-4-23(17-30)29-27(28)3-2-9-32-29)21-26-8-12-34(15-16-37(22)26)20-24-5-6-25(18-33-24)35-13-10-31-11-14-35/h2-7,9,18,22,26-27,29,31H,8,10-16,19-21H2,1H3. The highest BCUT2D eigenvalue weighted by Gasteiger charge is 2.39. The highest BCUT2D eigenvalue weighted by atomic mass is 15.3. The minimum Gasteiger partial charge on any atom is -0.371 e. The predicted molar refractivity (Wildman–Crippen MR) is 147 cm³/mol. The highest BCUT2D eigenvalue weighted by Crippen LogP contribution is 2.35. The Morgan fingerprint density at radius 2 is 1.95 bits per heavy atom. The first-order valence-electron chi connectivity index (χ1n) is 13.8. The molecule has 8 nitrogen and oxygen atoms in total. The van der Waals surface area contributed by atoms with Gasteiger partial charge >= 0.3 is 0 Å². The lowest BCUT2D eigenvalue weighted by Gasteiger charge is -2.48. The maximum Gasteiger partial charge on any atom is 0.0970 e. The van der Waals surface area contributed by atoms with Crippen LogP contribution in [0.15, 0.2) is 58.9 Å². The predicted octanol–water partition coefficient (Wildman–Crippen LogP) is 2.04. The van der Waals surface area contributed by atoms with Gasteiger partial charge in [0.1, 0.15) is 0 Å². The molecule has 0 aromatic carbocycles. The zero-order valence-corrected chi connectivity index (χ0v) is 21.8. The van der Waals surface area contributed by atoms with Crippen LogP contribution in [0, 0.1) is 17.2 Å². The number of pyridine rings is 1. The smallest absolute Gasteiger partial charge is 0.0970 e. The average molecular weight is 499 g/mol. The second-order valence-electron chi connectivity index (χ2n) is 10.9. The average Bonchev–Trinajstić information content (AvgIpc) is 3.16. The summed E-state index contributed by atoms with van der Waals surface area (Å²) in [5.41, 5.74) is 4.48. The maximum atomic E-state index is 9.58. The molecule has 1 aromatic heterocycles. The fraction of sp³-hybridized carbons (Fsp3) is 0.552. The zero-order chi connectivity index (χ0) is 25.2. The second kappa shape index (κ2) is 10.8. The first-order chi connectivity index (χ1) is 18.2. The maximum absolute atomic E-state index is 9.58. The van der Waals surface area contributed by atoms with Crippen LogP contribution in [0.5, 0.6) is 0 Å². The molecule has 37 heavy (non-hydrogen) atoms. The van der Waals surface area contributed by atoms with Crippen LogP contribution in [0.2, 0.25) is 0 Å². The summed E-state index contributed by atoms with van der Waals surface area (Å²) in [6.45, 7) is 12.8. The molecule has 3 saturated heterocycles. The van der Waals surface area contributed by atoms with E-state index in [1.807, 2.05) is 18.4 Å². The Balaban J connectivity index is 1.10. The van der Waals surface area contributed by atoms with Crippen molar-refractivity contribution in [3.05, 3.63) is 59.6 Å². The van der Waals surface area contributed by atoms with Gasteiger partial charge in [-0.25, -0.2) is 0 Å². The van der Waals surface area contributed by atoms with Crippen molar-refractivity contribution in [1.29, 1.82) is 5.26 Å². The number of rotatable bonds is 4. The van der Waals surface area contributed by atoms with Gasteiger partial charge in [-0.3, -0.25) is 19.8 Å². The number of allylic oxidation sites excluding steroid dienone is 3. The van der Waals surface area contributed by atoms with Crippen molar-refractivity contribution in [3.63, 3.8) is 0 Å². The summed E-state index contributed by atoms with van der Waals surface area (Å²) >= 11 is 0. The summed E-state index contributed by atoms with van der Waals surface area (Å²) in [7, 11) is 0. The van der Waals surface area contributed by atoms with Crippen LogP contribution < -0.4 is 10.2 Å². The van der Waals surface area contributed by atoms with E-state index in [1.54, 1.807) is 0 Å². The van der Waals surface area contributed by atoms with Crippen LogP contribution in [-0.4, -0.2) is 103 Å². The molecule has 8 heteroatoms. The van der Waals surface area contributed by atoms with Crippen LogP contribution in [-0.2, 0) is 6.54 Å². The van der Waals surface area contributed by atoms with E-state index in [0.717, 1.165) is 83.1 Å². The van der Waals surface area contributed by atoms with Gasteiger partial charge in [-0.2, -0.15) is 5.26 Å². The molecule has 1 aliphatic carbocycles. The first kappa shape index (κ1) is 24.4. The van der Waals surface area contributed by atoms with Crippen molar-refractivity contribution >= 4 is 11.9 Å². The highest BCUT2D eigenvalue weighted by molar-refractivity contribution is 5.74. The molecular weight excluding hydrogens is 460 g/mol. The normalized spacial score (nSPS) is 30.6. The minimum atomic E-state index is -0.0709. The third-order valence-corrected chi connectivity index (χ3v) is 8.66. The Hall–Kier alpha value is -2.99. The van der Waals surface area contributed by atoms with Gasteiger partial charge < -0.3 is 15.1 Å². The van der Waals surface area contributed by atoms with Crippen molar-refractivity contribution in [2.24, 2.45) is 10.9 Å². The van der Waals surface area contributed by atoms with E-state index in [1.165, 1.54) is 11.4 Å². The molecule has 4 aliphatic heterocycles. The summed E-state index contributed by atoms with van der Waals surface area (Å²) in [5, 5.41) is 13.0. The Morgan fingerprint density at radius 1 is 1.05 bits per heavy atom. The summed E-state index contributed by atoms with van der Waals surface area (Å²) in [4.78, 5) is 19.8. The fourth-order valence-corrected chi connectivity index (χ4v) is 6.64. The number of nitrogens with zero attached hydrogens (tertiary/aromatic N) is 7. The van der Waals surface area contributed by atoms with Gasteiger partial charge in [-0.15, -0.1) is 0 Å². The van der Waals surface area contributed by atoms with E-state index in [4.69, 9.17) is 4.98 Å². The quantitative estimate of drug-likeness (QED) is 0.681. The lowest BCUT2D eigenvalue weighted by atomic mass is 9.84. The molecule has 3 fully saturated rings. The molecule has 0 radical (unpaired) electrons. The summed E-state index contributed by atoms with van der Waals surface area (Å²) in [6, 6.07) is 7.78. The molecule has 5 heterocycles. The first-order valence-corrected chi connectivity index (χ1v) is 13.8. The lowest BCUT2D eigenvalue weighted by Crippen LogP contribution is -2.58. The Bertz CT molecular complexity index is 1120. The van der Waals surface area contributed by atoms with Crippen LogP contribution >= 0.6 is 0 Å². The summed E-state index contributed by atoms with van der Waals surface area (Å²) in [6.07, 6.45) is 13.5. The number of aromatic nitrogens is 1. The topological polar surface area (TPSA) is 74.0 Å². The molecule has 1 N–H and O–H groups in total. The van der Waals surface area contributed by atoms with Crippen molar-refractivity contribution in [3.8, 4) is 6.07 Å². The number of dihydropyridines is 1. The second-order valence-corrected chi connectivity index (χ2v) is 10.9. The molecule has 4 unspecified atom stereocenters. The third kappa shape index (κ3) is 5.08. The lowest BCUT2D eigenvalue weighted by molar-refractivity contribution is 0.0476. The summed E-state index contributed by atoms with van der Waals surface area (Å²) < 4.78 is 0. The van der Waals surface area contributed by atoms with Crippen LogP contribution in [0.25, 0.3) is 0 Å². The Morgan fingerprint density at radius 3 is 2.76 bits per heavy atom. The zero-order valence-electron chi connectivity index (χ0n) is 21.8. The van der Waals surface area contributed by atoms with Gasteiger partial charge in [-0.1, -0.05) is 6.08 Å².